The van der Waals surface area contributed by atoms with E-state index < -0.39 is 0 Å². The number of fused-ring (bicyclic) bond motifs is 1. The Balaban J connectivity index is 1.53. The number of piperidine rings is 1. The zero-order valence-corrected chi connectivity index (χ0v) is 15.1. The molecule has 4 nitrogen and oxygen atoms in total. The number of pyridine rings is 1. The van der Waals surface area contributed by atoms with Crippen molar-refractivity contribution in [3.63, 3.8) is 0 Å². The van der Waals surface area contributed by atoms with Crippen LogP contribution in [0.1, 0.15) is 46.1 Å². The number of halogens is 1. The molecule has 0 aliphatic carbocycles. The first-order chi connectivity index (χ1) is 12.5. The molecule has 1 aromatic carbocycles. The van der Waals surface area contributed by atoms with Crippen molar-refractivity contribution >= 4 is 11.6 Å². The van der Waals surface area contributed by atoms with Crippen molar-refractivity contribution in [2.24, 2.45) is 0 Å². The minimum Gasteiger partial charge on any atom is -0.337 e. The van der Waals surface area contributed by atoms with E-state index in [1.54, 1.807) is 0 Å². The molecule has 3 heterocycles. The fraction of sp³-hybridized carbons (Fsp3) is 0.333. The third-order valence-corrected chi connectivity index (χ3v) is 5.27. The number of carbonyl (C=O) groups excluding carboxylic acids is 1. The molecule has 3 aromatic rings. The van der Waals surface area contributed by atoms with E-state index in [0.29, 0.717) is 24.7 Å². The van der Waals surface area contributed by atoms with Crippen molar-refractivity contribution in [3.05, 3.63) is 70.9 Å². The molecule has 1 amide bonds. The van der Waals surface area contributed by atoms with Gasteiger partial charge in [-0.3, -0.25) is 9.20 Å². The highest BCUT2D eigenvalue weighted by molar-refractivity contribution is 5.94. The van der Waals surface area contributed by atoms with E-state index in [1.165, 1.54) is 12.1 Å². The molecule has 2 aromatic heterocycles. The summed E-state index contributed by atoms with van der Waals surface area (Å²) in [7, 11) is 0. The van der Waals surface area contributed by atoms with Crippen molar-refractivity contribution < 1.29 is 9.18 Å². The maximum Gasteiger partial charge on any atom is 0.272 e. The number of nitrogens with zero attached hydrogens (tertiary/aromatic N) is 3. The van der Waals surface area contributed by atoms with Crippen LogP contribution in [0.3, 0.4) is 0 Å². The average Bonchev–Trinajstić information content (AvgIpc) is 2.97. The standard InChI is InChI=1S/C21H22FN3O/c1-14-3-8-19-23-15(2)20(25(19)13-14)21(26)24-11-9-17(10-12-24)16-4-6-18(22)7-5-16/h3-8,13,17H,9-12H2,1-2H3. The minimum absolute atomic E-state index is 0.0400. The molecule has 0 unspecified atom stereocenters. The maximum absolute atomic E-state index is 13.1. The lowest BCUT2D eigenvalue weighted by Gasteiger charge is -2.32. The van der Waals surface area contributed by atoms with E-state index in [1.807, 2.05) is 53.6 Å². The van der Waals surface area contributed by atoms with E-state index in [-0.39, 0.29) is 11.7 Å². The van der Waals surface area contributed by atoms with Crippen molar-refractivity contribution in [1.29, 1.82) is 0 Å². The predicted octanol–water partition coefficient (Wildman–Crippen LogP) is 4.11. The van der Waals surface area contributed by atoms with Crippen LogP contribution in [0.2, 0.25) is 0 Å². The summed E-state index contributed by atoms with van der Waals surface area (Å²) in [5, 5.41) is 0. The van der Waals surface area contributed by atoms with Gasteiger partial charge in [0.15, 0.2) is 0 Å². The lowest BCUT2D eigenvalue weighted by molar-refractivity contribution is 0.0705. The maximum atomic E-state index is 13.1. The molecular formula is C21H22FN3O. The molecule has 1 fully saturated rings. The Morgan fingerprint density at radius 2 is 1.77 bits per heavy atom. The second kappa shape index (κ2) is 6.56. The Hall–Kier alpha value is -2.69. The fourth-order valence-corrected chi connectivity index (χ4v) is 3.83. The SMILES string of the molecule is Cc1ccc2nc(C)c(C(=O)N3CCC(c4ccc(F)cc4)CC3)n2c1. The molecule has 5 heteroatoms. The molecule has 4 rings (SSSR count). The van der Waals surface area contributed by atoms with Gasteiger partial charge in [-0.1, -0.05) is 18.2 Å². The number of aromatic nitrogens is 2. The summed E-state index contributed by atoms with van der Waals surface area (Å²) in [4.78, 5) is 19.5. The van der Waals surface area contributed by atoms with Crippen LogP contribution >= 0.6 is 0 Å². The van der Waals surface area contributed by atoms with Crippen LogP contribution in [0.5, 0.6) is 0 Å². The van der Waals surface area contributed by atoms with E-state index in [0.717, 1.165) is 35.3 Å². The molecule has 0 atom stereocenters. The second-order valence-corrected chi connectivity index (χ2v) is 7.10. The van der Waals surface area contributed by atoms with Gasteiger partial charge in [-0.2, -0.15) is 0 Å². The summed E-state index contributed by atoms with van der Waals surface area (Å²) in [6, 6.07) is 10.7. The van der Waals surface area contributed by atoms with Gasteiger partial charge in [-0.05, 0) is 61.9 Å². The van der Waals surface area contributed by atoms with Gasteiger partial charge in [0.05, 0.1) is 5.69 Å². The van der Waals surface area contributed by atoms with Gasteiger partial charge >= 0.3 is 0 Å². The van der Waals surface area contributed by atoms with Gasteiger partial charge in [0.25, 0.3) is 5.91 Å². The van der Waals surface area contributed by atoms with Crippen LogP contribution in [0.4, 0.5) is 4.39 Å². The number of carbonyl (C=O) groups is 1. The Morgan fingerprint density at radius 3 is 2.46 bits per heavy atom. The second-order valence-electron chi connectivity index (χ2n) is 7.10. The Kier molecular flexibility index (Phi) is 4.23. The highest BCUT2D eigenvalue weighted by Crippen LogP contribution is 2.29. The zero-order valence-electron chi connectivity index (χ0n) is 15.1. The molecule has 134 valence electrons. The molecule has 0 saturated carbocycles. The smallest absolute Gasteiger partial charge is 0.272 e. The first-order valence-corrected chi connectivity index (χ1v) is 9.03. The van der Waals surface area contributed by atoms with Gasteiger partial charge in [0.2, 0.25) is 0 Å². The number of amides is 1. The Bertz CT molecular complexity index is 953. The van der Waals surface area contributed by atoms with Crippen LogP contribution < -0.4 is 0 Å². The quantitative estimate of drug-likeness (QED) is 0.697. The summed E-state index contributed by atoms with van der Waals surface area (Å²) >= 11 is 0. The highest BCUT2D eigenvalue weighted by Gasteiger charge is 2.27. The molecular weight excluding hydrogens is 329 g/mol. The number of hydrogen-bond acceptors (Lipinski definition) is 2. The summed E-state index contributed by atoms with van der Waals surface area (Å²) in [6.45, 7) is 5.32. The van der Waals surface area contributed by atoms with Gasteiger partial charge in [-0.15, -0.1) is 0 Å². The van der Waals surface area contributed by atoms with E-state index in [2.05, 4.69) is 4.98 Å². The van der Waals surface area contributed by atoms with Gasteiger partial charge < -0.3 is 4.90 Å². The monoisotopic (exact) mass is 351 g/mol. The van der Waals surface area contributed by atoms with Crippen molar-refractivity contribution in [3.8, 4) is 0 Å². The molecule has 0 bridgehead atoms. The summed E-state index contributed by atoms with van der Waals surface area (Å²) in [5.74, 6) is 0.211. The van der Waals surface area contributed by atoms with Crippen LogP contribution in [0.25, 0.3) is 5.65 Å². The number of hydrogen-bond donors (Lipinski definition) is 0. The predicted molar refractivity (Wildman–Crippen MR) is 98.9 cm³/mol. The lowest BCUT2D eigenvalue weighted by atomic mass is 9.89. The van der Waals surface area contributed by atoms with Crippen molar-refractivity contribution in [2.75, 3.05) is 13.1 Å². The zero-order chi connectivity index (χ0) is 18.3. The largest absolute Gasteiger partial charge is 0.337 e. The van der Waals surface area contributed by atoms with Gasteiger partial charge in [0.1, 0.15) is 17.2 Å². The minimum atomic E-state index is -0.209. The normalized spacial score (nSPS) is 15.6. The van der Waals surface area contributed by atoms with E-state index >= 15 is 0 Å². The topological polar surface area (TPSA) is 37.6 Å². The third-order valence-electron chi connectivity index (χ3n) is 5.27. The summed E-state index contributed by atoms with van der Waals surface area (Å²) in [5.41, 5.74) is 4.47. The Labute approximate surface area is 152 Å². The molecule has 0 spiro atoms. The Morgan fingerprint density at radius 1 is 1.08 bits per heavy atom. The third kappa shape index (κ3) is 2.98. The van der Waals surface area contributed by atoms with E-state index in [9.17, 15) is 9.18 Å². The average molecular weight is 351 g/mol. The summed E-state index contributed by atoms with van der Waals surface area (Å²) < 4.78 is 15.0. The number of benzene rings is 1. The number of imidazole rings is 1. The van der Waals surface area contributed by atoms with Gasteiger partial charge in [0, 0.05) is 19.3 Å². The van der Waals surface area contributed by atoms with Crippen LogP contribution in [0.15, 0.2) is 42.6 Å². The van der Waals surface area contributed by atoms with Crippen molar-refractivity contribution in [2.45, 2.75) is 32.6 Å². The number of aryl methyl sites for hydroxylation is 2. The van der Waals surface area contributed by atoms with Gasteiger partial charge in [-0.25, -0.2) is 9.37 Å². The van der Waals surface area contributed by atoms with Crippen LogP contribution in [-0.2, 0) is 0 Å². The summed E-state index contributed by atoms with van der Waals surface area (Å²) in [6.07, 6.45) is 3.76. The molecule has 0 N–H and O–H groups in total. The lowest BCUT2D eigenvalue weighted by Crippen LogP contribution is -2.38. The molecule has 1 aliphatic rings. The fourth-order valence-electron chi connectivity index (χ4n) is 3.83. The number of rotatable bonds is 2. The van der Waals surface area contributed by atoms with E-state index in [4.69, 9.17) is 0 Å². The molecule has 0 radical (unpaired) electrons. The number of likely N-dealkylation sites (tertiary alicyclic amines) is 1. The first-order valence-electron chi connectivity index (χ1n) is 9.03. The van der Waals surface area contributed by atoms with Crippen LogP contribution in [0, 0.1) is 19.7 Å². The van der Waals surface area contributed by atoms with Crippen LogP contribution in [-0.4, -0.2) is 33.3 Å². The molecule has 26 heavy (non-hydrogen) atoms. The molecule has 1 aliphatic heterocycles. The van der Waals surface area contributed by atoms with Crippen molar-refractivity contribution in [1.82, 2.24) is 14.3 Å². The molecule has 1 saturated heterocycles. The first kappa shape index (κ1) is 16.8. The highest BCUT2D eigenvalue weighted by atomic mass is 19.1.